The van der Waals surface area contributed by atoms with Gasteiger partial charge in [0.1, 0.15) is 5.82 Å². The fraction of sp³-hybridized carbons (Fsp3) is 0.588. The van der Waals surface area contributed by atoms with E-state index in [0.29, 0.717) is 23.2 Å². The van der Waals surface area contributed by atoms with Crippen molar-refractivity contribution in [3.05, 3.63) is 28.5 Å². The van der Waals surface area contributed by atoms with Crippen molar-refractivity contribution in [3.8, 4) is 0 Å². The summed E-state index contributed by atoms with van der Waals surface area (Å²) in [5, 5.41) is 0. The van der Waals surface area contributed by atoms with E-state index in [0.717, 1.165) is 21.3 Å². The highest BCUT2D eigenvalue weighted by molar-refractivity contribution is 9.10. The summed E-state index contributed by atoms with van der Waals surface area (Å²) in [6, 6.07) is 6.10. The SMILES string of the molecule is CC(C)[Si](OCc1nc2ccc(Br)cc2[nH]1)(C(C)C)C(C)C. The van der Waals surface area contributed by atoms with Gasteiger partial charge in [0.15, 0.2) is 0 Å². The number of nitrogens with zero attached hydrogens (tertiary/aromatic N) is 1. The second-order valence-corrected chi connectivity index (χ2v) is 13.3. The van der Waals surface area contributed by atoms with Gasteiger partial charge in [-0.15, -0.1) is 0 Å². The van der Waals surface area contributed by atoms with Gasteiger partial charge in [-0.05, 0) is 34.8 Å². The van der Waals surface area contributed by atoms with Crippen molar-refractivity contribution in [2.24, 2.45) is 0 Å². The number of fused-ring (bicyclic) bond motifs is 1. The van der Waals surface area contributed by atoms with Crippen molar-refractivity contribution in [3.63, 3.8) is 0 Å². The number of H-pyrrole nitrogens is 1. The number of nitrogens with one attached hydrogen (secondary N) is 1. The average Bonchev–Trinajstić information content (AvgIpc) is 2.79. The summed E-state index contributed by atoms with van der Waals surface area (Å²) in [7, 11) is -1.84. The molecule has 0 radical (unpaired) electrons. The Balaban J connectivity index is 2.24. The minimum atomic E-state index is -1.84. The molecule has 1 aromatic heterocycles. The Labute approximate surface area is 143 Å². The van der Waals surface area contributed by atoms with Crippen LogP contribution in [0.4, 0.5) is 0 Å². The Morgan fingerprint density at radius 2 is 1.68 bits per heavy atom. The normalized spacial score (nSPS) is 13.0. The summed E-state index contributed by atoms with van der Waals surface area (Å²) < 4.78 is 7.65. The molecular formula is C17H27BrN2OSi. The summed E-state index contributed by atoms with van der Waals surface area (Å²) >= 11 is 3.50. The molecule has 5 heteroatoms. The number of halogens is 1. The summed E-state index contributed by atoms with van der Waals surface area (Å²) in [5.41, 5.74) is 3.81. The molecule has 3 nitrogen and oxygen atoms in total. The molecule has 0 unspecified atom stereocenters. The molecule has 0 aliphatic carbocycles. The molecule has 0 saturated carbocycles. The lowest BCUT2D eigenvalue weighted by molar-refractivity contribution is 0.258. The fourth-order valence-corrected chi connectivity index (χ4v) is 9.54. The molecule has 2 aromatic rings. The first-order valence-electron chi connectivity index (χ1n) is 8.05. The molecule has 0 amide bonds. The van der Waals surface area contributed by atoms with Gasteiger partial charge in [-0.1, -0.05) is 57.5 Å². The van der Waals surface area contributed by atoms with Gasteiger partial charge in [-0.25, -0.2) is 4.98 Å². The standard InChI is InChI=1S/C17H27BrN2OSi/c1-11(2)22(12(3)4,13(5)6)21-10-17-19-15-8-7-14(18)9-16(15)20-17/h7-9,11-13H,10H2,1-6H3,(H,19,20). The van der Waals surface area contributed by atoms with Gasteiger partial charge in [0.05, 0.1) is 17.6 Å². The van der Waals surface area contributed by atoms with E-state index in [1.54, 1.807) is 0 Å². The maximum Gasteiger partial charge on any atom is 0.201 e. The minimum Gasteiger partial charge on any atom is -0.409 e. The van der Waals surface area contributed by atoms with Crippen LogP contribution >= 0.6 is 15.9 Å². The third-order valence-electron chi connectivity index (χ3n) is 4.66. The van der Waals surface area contributed by atoms with Crippen LogP contribution in [0.5, 0.6) is 0 Å². The molecule has 0 bridgehead atoms. The van der Waals surface area contributed by atoms with Gasteiger partial charge in [0.25, 0.3) is 0 Å². The molecule has 0 fully saturated rings. The molecule has 122 valence electrons. The summed E-state index contributed by atoms with van der Waals surface area (Å²) in [6.45, 7) is 14.4. The van der Waals surface area contributed by atoms with E-state index in [2.05, 4.69) is 73.5 Å². The maximum atomic E-state index is 6.59. The highest BCUT2D eigenvalue weighted by Gasteiger charge is 2.45. The van der Waals surface area contributed by atoms with E-state index >= 15 is 0 Å². The smallest absolute Gasteiger partial charge is 0.201 e. The molecule has 1 heterocycles. The first-order chi connectivity index (χ1) is 10.3. The van der Waals surface area contributed by atoms with Crippen molar-refractivity contribution in [1.82, 2.24) is 9.97 Å². The van der Waals surface area contributed by atoms with Gasteiger partial charge < -0.3 is 9.41 Å². The number of hydrogen-bond acceptors (Lipinski definition) is 2. The van der Waals surface area contributed by atoms with E-state index in [-0.39, 0.29) is 0 Å². The molecule has 0 atom stereocenters. The van der Waals surface area contributed by atoms with Crippen molar-refractivity contribution in [1.29, 1.82) is 0 Å². The van der Waals surface area contributed by atoms with Crippen LogP contribution in [0.15, 0.2) is 22.7 Å². The van der Waals surface area contributed by atoms with Gasteiger partial charge in [-0.3, -0.25) is 0 Å². The van der Waals surface area contributed by atoms with Crippen LogP contribution in [0.2, 0.25) is 16.6 Å². The predicted octanol–water partition coefficient (Wildman–Crippen LogP) is 6.02. The number of imidazole rings is 1. The number of aromatic nitrogens is 2. The highest BCUT2D eigenvalue weighted by atomic mass is 79.9. The highest BCUT2D eigenvalue weighted by Crippen LogP contribution is 2.42. The van der Waals surface area contributed by atoms with Gasteiger partial charge in [0.2, 0.25) is 8.32 Å². The van der Waals surface area contributed by atoms with Gasteiger partial charge in [-0.2, -0.15) is 0 Å². The van der Waals surface area contributed by atoms with Crippen LogP contribution in [0.3, 0.4) is 0 Å². The lowest BCUT2D eigenvalue weighted by Gasteiger charge is -2.41. The van der Waals surface area contributed by atoms with Crippen molar-refractivity contribution >= 4 is 35.3 Å². The monoisotopic (exact) mass is 382 g/mol. The zero-order valence-corrected chi connectivity index (χ0v) is 17.0. The van der Waals surface area contributed by atoms with Crippen molar-refractivity contribution in [2.75, 3.05) is 0 Å². The topological polar surface area (TPSA) is 37.9 Å². The maximum absolute atomic E-state index is 6.59. The van der Waals surface area contributed by atoms with Crippen LogP contribution in [0.25, 0.3) is 11.0 Å². The Hall–Kier alpha value is -0.653. The molecule has 0 spiro atoms. The van der Waals surface area contributed by atoms with Crippen LogP contribution in [0, 0.1) is 0 Å². The third kappa shape index (κ3) is 3.31. The molecule has 0 saturated heterocycles. The van der Waals surface area contributed by atoms with E-state index in [9.17, 15) is 0 Å². The van der Waals surface area contributed by atoms with Crippen LogP contribution in [0.1, 0.15) is 47.4 Å². The molecular weight excluding hydrogens is 356 g/mol. The predicted molar refractivity (Wildman–Crippen MR) is 99.6 cm³/mol. The number of hydrogen-bond donors (Lipinski definition) is 1. The largest absolute Gasteiger partial charge is 0.409 e. The van der Waals surface area contributed by atoms with Crippen LogP contribution in [-0.2, 0) is 11.0 Å². The van der Waals surface area contributed by atoms with Gasteiger partial charge in [0, 0.05) is 4.47 Å². The van der Waals surface area contributed by atoms with E-state index < -0.39 is 8.32 Å². The Morgan fingerprint density at radius 1 is 1.09 bits per heavy atom. The van der Waals surface area contributed by atoms with Crippen LogP contribution in [-0.4, -0.2) is 18.3 Å². The van der Waals surface area contributed by atoms with Crippen molar-refractivity contribution in [2.45, 2.75) is 64.8 Å². The van der Waals surface area contributed by atoms with E-state index in [1.165, 1.54) is 0 Å². The molecule has 1 N–H and O–H groups in total. The molecule has 2 rings (SSSR count). The lowest BCUT2D eigenvalue weighted by atomic mass is 10.3. The molecule has 22 heavy (non-hydrogen) atoms. The van der Waals surface area contributed by atoms with E-state index in [4.69, 9.17) is 4.43 Å². The summed E-state index contributed by atoms with van der Waals surface area (Å²) in [5.74, 6) is 0.923. The number of rotatable bonds is 6. The zero-order chi connectivity index (χ0) is 16.5. The van der Waals surface area contributed by atoms with Gasteiger partial charge >= 0.3 is 0 Å². The number of aromatic amines is 1. The van der Waals surface area contributed by atoms with Crippen molar-refractivity contribution < 1.29 is 4.43 Å². The summed E-state index contributed by atoms with van der Waals surface area (Å²) in [4.78, 5) is 8.04. The Morgan fingerprint density at radius 3 is 2.23 bits per heavy atom. The van der Waals surface area contributed by atoms with E-state index in [1.807, 2.05) is 12.1 Å². The average molecular weight is 383 g/mol. The lowest BCUT2D eigenvalue weighted by Crippen LogP contribution is -2.47. The Bertz CT molecular complexity index is 615. The van der Waals surface area contributed by atoms with Crippen LogP contribution < -0.4 is 0 Å². The first-order valence-corrected chi connectivity index (χ1v) is 11.0. The second-order valence-electron chi connectivity index (χ2n) is 6.95. The second kappa shape index (κ2) is 6.85. The third-order valence-corrected chi connectivity index (χ3v) is 11.2. The summed E-state index contributed by atoms with van der Waals surface area (Å²) in [6.07, 6.45) is 0. The zero-order valence-electron chi connectivity index (χ0n) is 14.4. The fourth-order valence-electron chi connectivity index (χ4n) is 3.80. The molecule has 1 aromatic carbocycles. The quantitative estimate of drug-likeness (QED) is 0.620. The molecule has 0 aliphatic rings. The Kier molecular flexibility index (Phi) is 5.51. The number of benzene rings is 1. The minimum absolute atomic E-state index is 0.576. The molecule has 0 aliphatic heterocycles. The first kappa shape index (κ1) is 17.7.